The van der Waals surface area contributed by atoms with E-state index in [9.17, 15) is 4.79 Å². The van der Waals surface area contributed by atoms with Crippen LogP contribution in [0.3, 0.4) is 0 Å². The number of aromatic nitrogens is 1. The van der Waals surface area contributed by atoms with Gasteiger partial charge in [0, 0.05) is 16.6 Å². The molecule has 0 radical (unpaired) electrons. The van der Waals surface area contributed by atoms with E-state index in [1.165, 1.54) is 0 Å². The van der Waals surface area contributed by atoms with Gasteiger partial charge in [0.25, 0.3) is 5.91 Å². The molecule has 0 saturated carbocycles. The lowest BCUT2D eigenvalue weighted by Crippen LogP contribution is -2.13. The lowest BCUT2D eigenvalue weighted by atomic mass is 9.94. The zero-order valence-corrected chi connectivity index (χ0v) is 16.2. The van der Waals surface area contributed by atoms with E-state index in [4.69, 9.17) is 21.3 Å². The van der Waals surface area contributed by atoms with E-state index < -0.39 is 0 Å². The van der Waals surface area contributed by atoms with Crippen LogP contribution < -0.4 is 10.1 Å². The van der Waals surface area contributed by atoms with Crippen LogP contribution in [0.2, 0.25) is 5.02 Å². The highest BCUT2D eigenvalue weighted by Crippen LogP contribution is 2.33. The van der Waals surface area contributed by atoms with Crippen molar-refractivity contribution in [1.82, 2.24) is 4.98 Å². The molecule has 1 aromatic heterocycles. The summed E-state index contributed by atoms with van der Waals surface area (Å²) in [7, 11) is 1.59. The molecule has 0 aliphatic heterocycles. The molecule has 0 saturated heterocycles. The van der Waals surface area contributed by atoms with Gasteiger partial charge in [0.2, 0.25) is 0 Å². The van der Waals surface area contributed by atoms with Crippen molar-refractivity contribution in [3.05, 3.63) is 63.8 Å². The summed E-state index contributed by atoms with van der Waals surface area (Å²) in [6.07, 6.45) is 4.21. The minimum atomic E-state index is -0.198. The molecule has 1 heterocycles. The number of carbonyl (C=O) groups is 1. The summed E-state index contributed by atoms with van der Waals surface area (Å²) in [6, 6.07) is 11.2. The van der Waals surface area contributed by atoms with Gasteiger partial charge in [0.05, 0.1) is 23.3 Å². The molecule has 4 nitrogen and oxygen atoms in total. The summed E-state index contributed by atoms with van der Waals surface area (Å²) in [5.74, 6) is 0.432. The van der Waals surface area contributed by atoms with Gasteiger partial charge in [-0.2, -0.15) is 0 Å². The van der Waals surface area contributed by atoms with Crippen LogP contribution in [0, 0.1) is 6.92 Å². The fourth-order valence-electron chi connectivity index (χ4n) is 3.62. The van der Waals surface area contributed by atoms with Crippen LogP contribution >= 0.6 is 11.6 Å². The summed E-state index contributed by atoms with van der Waals surface area (Å²) >= 11 is 6.62. The molecular weight excluding hydrogens is 360 g/mol. The maximum Gasteiger partial charge on any atom is 0.255 e. The smallest absolute Gasteiger partial charge is 0.255 e. The first kappa shape index (κ1) is 17.8. The highest BCUT2D eigenvalue weighted by molar-refractivity contribution is 6.36. The van der Waals surface area contributed by atoms with Crippen molar-refractivity contribution in [3.8, 4) is 5.75 Å². The number of amides is 1. The Morgan fingerprint density at radius 2 is 1.96 bits per heavy atom. The maximum absolute atomic E-state index is 12.8. The number of aryl methyl sites for hydroxylation is 2. The Labute approximate surface area is 163 Å². The number of pyridine rings is 1. The van der Waals surface area contributed by atoms with Gasteiger partial charge in [-0.3, -0.25) is 9.78 Å². The lowest BCUT2D eigenvalue weighted by molar-refractivity contribution is 0.102. The molecule has 3 aromatic rings. The fourth-order valence-corrected chi connectivity index (χ4v) is 3.99. The minimum Gasteiger partial charge on any atom is -0.495 e. The number of anilines is 1. The summed E-state index contributed by atoms with van der Waals surface area (Å²) in [4.78, 5) is 17.6. The topological polar surface area (TPSA) is 51.2 Å². The van der Waals surface area contributed by atoms with E-state index in [0.717, 1.165) is 58.4 Å². The predicted molar refractivity (Wildman–Crippen MR) is 109 cm³/mol. The molecule has 138 valence electrons. The Hall–Kier alpha value is -2.59. The molecule has 1 aliphatic carbocycles. The lowest BCUT2D eigenvalue weighted by Gasteiger charge is -2.18. The average Bonchev–Trinajstić information content (AvgIpc) is 2.68. The molecule has 0 fully saturated rings. The maximum atomic E-state index is 12.8. The molecule has 0 bridgehead atoms. The largest absolute Gasteiger partial charge is 0.495 e. The van der Waals surface area contributed by atoms with Gasteiger partial charge in [-0.25, -0.2) is 0 Å². The first-order chi connectivity index (χ1) is 13.1. The highest BCUT2D eigenvalue weighted by atomic mass is 35.5. The third-order valence-corrected chi connectivity index (χ3v) is 5.49. The van der Waals surface area contributed by atoms with Crippen LogP contribution in [-0.4, -0.2) is 18.0 Å². The van der Waals surface area contributed by atoms with Crippen molar-refractivity contribution in [2.75, 3.05) is 12.4 Å². The molecule has 5 heteroatoms. The number of carbonyl (C=O) groups excluding carboxylic acids is 1. The van der Waals surface area contributed by atoms with E-state index in [0.29, 0.717) is 17.0 Å². The van der Waals surface area contributed by atoms with Gasteiger partial charge in [0.1, 0.15) is 5.75 Å². The Morgan fingerprint density at radius 1 is 1.15 bits per heavy atom. The molecule has 0 unspecified atom stereocenters. The monoisotopic (exact) mass is 380 g/mol. The van der Waals surface area contributed by atoms with Crippen molar-refractivity contribution in [3.63, 3.8) is 0 Å². The average molecular weight is 381 g/mol. The standard InChI is InChI=1S/C22H21ClN2O2/c1-13-7-10-20(27-2)19(11-13)25-22(26)14-8-9-16-18(12-14)24-17-6-4-3-5-15(17)21(16)23/h7-12H,3-6H2,1-2H3,(H,25,26). The van der Waals surface area contributed by atoms with Crippen LogP contribution in [0.4, 0.5) is 5.69 Å². The van der Waals surface area contributed by atoms with Crippen LogP contribution in [0.5, 0.6) is 5.75 Å². The second-order valence-electron chi connectivity index (χ2n) is 6.95. The fraction of sp³-hybridized carbons (Fsp3) is 0.273. The molecule has 0 spiro atoms. The van der Waals surface area contributed by atoms with E-state index >= 15 is 0 Å². The van der Waals surface area contributed by atoms with Gasteiger partial charge < -0.3 is 10.1 Å². The SMILES string of the molecule is COc1ccc(C)cc1NC(=O)c1ccc2c(Cl)c3c(nc2c1)CCCC3. The number of halogens is 1. The van der Waals surface area contributed by atoms with Crippen LogP contribution in [0.1, 0.15) is 40.0 Å². The van der Waals surface area contributed by atoms with Gasteiger partial charge in [-0.1, -0.05) is 23.7 Å². The molecule has 4 rings (SSSR count). The number of ether oxygens (including phenoxy) is 1. The number of nitrogens with zero attached hydrogens (tertiary/aromatic N) is 1. The Bertz CT molecular complexity index is 1050. The number of hydrogen-bond donors (Lipinski definition) is 1. The third kappa shape index (κ3) is 3.37. The van der Waals surface area contributed by atoms with E-state index in [1.807, 2.05) is 37.3 Å². The van der Waals surface area contributed by atoms with Gasteiger partial charge >= 0.3 is 0 Å². The summed E-state index contributed by atoms with van der Waals surface area (Å²) < 4.78 is 5.34. The summed E-state index contributed by atoms with van der Waals surface area (Å²) in [5.41, 5.74) is 5.24. The number of rotatable bonds is 3. The Kier molecular flexibility index (Phi) is 4.75. The molecule has 0 atom stereocenters. The minimum absolute atomic E-state index is 0.198. The third-order valence-electron chi connectivity index (χ3n) is 5.06. The van der Waals surface area contributed by atoms with Gasteiger partial charge in [-0.15, -0.1) is 0 Å². The molecule has 1 amide bonds. The van der Waals surface area contributed by atoms with Gasteiger partial charge in [-0.05, 0) is 68.0 Å². The molecular formula is C22H21ClN2O2. The number of nitrogens with one attached hydrogen (secondary N) is 1. The number of hydrogen-bond acceptors (Lipinski definition) is 3. The Balaban J connectivity index is 1.70. The number of methoxy groups -OCH3 is 1. The van der Waals surface area contributed by atoms with E-state index in [1.54, 1.807) is 13.2 Å². The molecule has 1 N–H and O–H groups in total. The van der Waals surface area contributed by atoms with Crippen molar-refractivity contribution in [2.45, 2.75) is 32.6 Å². The molecule has 27 heavy (non-hydrogen) atoms. The van der Waals surface area contributed by atoms with Crippen molar-refractivity contribution < 1.29 is 9.53 Å². The van der Waals surface area contributed by atoms with Crippen molar-refractivity contribution in [2.24, 2.45) is 0 Å². The first-order valence-corrected chi connectivity index (χ1v) is 9.51. The normalized spacial score (nSPS) is 13.3. The van der Waals surface area contributed by atoms with Crippen molar-refractivity contribution >= 4 is 34.1 Å². The van der Waals surface area contributed by atoms with Crippen LogP contribution in [-0.2, 0) is 12.8 Å². The summed E-state index contributed by atoms with van der Waals surface area (Å²) in [6.45, 7) is 1.97. The molecule has 1 aliphatic rings. The highest BCUT2D eigenvalue weighted by Gasteiger charge is 2.18. The van der Waals surface area contributed by atoms with Crippen LogP contribution in [0.15, 0.2) is 36.4 Å². The quantitative estimate of drug-likeness (QED) is 0.667. The van der Waals surface area contributed by atoms with E-state index in [-0.39, 0.29) is 5.91 Å². The number of benzene rings is 2. The predicted octanol–water partition coefficient (Wildman–Crippen LogP) is 5.34. The van der Waals surface area contributed by atoms with Crippen molar-refractivity contribution in [1.29, 1.82) is 0 Å². The Morgan fingerprint density at radius 3 is 2.78 bits per heavy atom. The van der Waals surface area contributed by atoms with Gasteiger partial charge in [0.15, 0.2) is 0 Å². The second-order valence-corrected chi connectivity index (χ2v) is 7.33. The number of fused-ring (bicyclic) bond motifs is 2. The zero-order chi connectivity index (χ0) is 19.0. The molecule has 2 aromatic carbocycles. The first-order valence-electron chi connectivity index (χ1n) is 9.14. The summed E-state index contributed by atoms with van der Waals surface area (Å²) in [5, 5.41) is 4.62. The second kappa shape index (κ2) is 7.20. The van der Waals surface area contributed by atoms with E-state index in [2.05, 4.69) is 5.32 Å². The zero-order valence-electron chi connectivity index (χ0n) is 15.4. The van der Waals surface area contributed by atoms with Crippen LogP contribution in [0.25, 0.3) is 10.9 Å².